The number of nitrogens with one attached hydrogen (secondary N) is 1. The van der Waals surface area contributed by atoms with Crippen molar-refractivity contribution in [3.8, 4) is 0 Å². The summed E-state index contributed by atoms with van der Waals surface area (Å²) >= 11 is 0. The molecule has 5 nitrogen and oxygen atoms in total. The molecule has 0 fully saturated rings. The Labute approximate surface area is 127 Å². The number of carbonyl (C=O) groups is 2. The molecule has 0 bridgehead atoms. The molecule has 3 rings (SSSR count). The zero-order valence-corrected chi connectivity index (χ0v) is 12.1. The van der Waals surface area contributed by atoms with E-state index >= 15 is 0 Å². The number of carbonyl (C=O) groups excluding carboxylic acids is 2. The summed E-state index contributed by atoms with van der Waals surface area (Å²) in [6.45, 7) is 1.93. The van der Waals surface area contributed by atoms with Gasteiger partial charge in [0.05, 0.1) is 12.2 Å². The lowest BCUT2D eigenvalue weighted by Crippen LogP contribution is -2.24. The van der Waals surface area contributed by atoms with Gasteiger partial charge in [0.25, 0.3) is 0 Å². The molecular formula is C17H16N2O3. The molecule has 0 unspecified atom stereocenters. The minimum absolute atomic E-state index is 0.0821. The van der Waals surface area contributed by atoms with Gasteiger partial charge in [0.15, 0.2) is 11.6 Å². The number of nitrogen functional groups attached to an aromatic ring is 1. The number of rotatable bonds is 3. The number of ketones is 2. The second-order valence-electron chi connectivity index (χ2n) is 5.24. The molecule has 0 atom stereocenters. The fraction of sp³-hybridized carbons (Fsp3) is 0.176. The van der Waals surface area contributed by atoms with Gasteiger partial charge in [-0.1, -0.05) is 24.3 Å². The van der Waals surface area contributed by atoms with E-state index in [2.05, 4.69) is 5.32 Å². The van der Waals surface area contributed by atoms with Gasteiger partial charge < -0.3 is 16.2 Å². The predicted octanol–water partition coefficient (Wildman–Crippen LogP) is 1.76. The first kappa shape index (κ1) is 14.3. The van der Waals surface area contributed by atoms with Crippen molar-refractivity contribution in [1.82, 2.24) is 0 Å². The lowest BCUT2D eigenvalue weighted by molar-refractivity contribution is 0.0979. The third-order valence-electron chi connectivity index (χ3n) is 3.92. The number of hydrogen-bond acceptors (Lipinski definition) is 5. The summed E-state index contributed by atoms with van der Waals surface area (Å²) in [5.41, 5.74) is 9.01. The van der Waals surface area contributed by atoms with Gasteiger partial charge in [-0.15, -0.1) is 0 Å². The Morgan fingerprint density at radius 3 is 2.27 bits per heavy atom. The van der Waals surface area contributed by atoms with E-state index in [1.165, 1.54) is 0 Å². The summed E-state index contributed by atoms with van der Waals surface area (Å²) in [5, 5.41) is 12.0. The third-order valence-corrected chi connectivity index (χ3v) is 3.92. The van der Waals surface area contributed by atoms with Crippen molar-refractivity contribution in [2.24, 2.45) is 0 Å². The van der Waals surface area contributed by atoms with Crippen LogP contribution < -0.4 is 11.1 Å². The van der Waals surface area contributed by atoms with Crippen LogP contribution in [-0.2, 0) is 0 Å². The Kier molecular flexibility index (Phi) is 3.42. The van der Waals surface area contributed by atoms with Crippen molar-refractivity contribution in [1.29, 1.82) is 0 Å². The van der Waals surface area contributed by atoms with E-state index in [-0.39, 0.29) is 24.7 Å². The Balaban J connectivity index is 2.29. The normalized spacial score (nSPS) is 12.8. The second-order valence-corrected chi connectivity index (χ2v) is 5.24. The maximum absolute atomic E-state index is 12.8. The molecule has 0 spiro atoms. The van der Waals surface area contributed by atoms with Gasteiger partial charge in [0.2, 0.25) is 0 Å². The van der Waals surface area contributed by atoms with E-state index in [0.717, 1.165) is 0 Å². The molecular weight excluding hydrogens is 280 g/mol. The van der Waals surface area contributed by atoms with Crippen LogP contribution in [0.3, 0.4) is 0 Å². The van der Waals surface area contributed by atoms with Crippen molar-refractivity contribution in [2.75, 3.05) is 24.2 Å². The monoisotopic (exact) mass is 296 g/mol. The van der Waals surface area contributed by atoms with Gasteiger partial charge in [-0.05, 0) is 18.6 Å². The highest BCUT2D eigenvalue weighted by atomic mass is 16.3. The number of aliphatic hydroxyl groups excluding tert-OH is 1. The predicted molar refractivity (Wildman–Crippen MR) is 84.5 cm³/mol. The van der Waals surface area contributed by atoms with Crippen molar-refractivity contribution in [3.05, 3.63) is 58.1 Å². The van der Waals surface area contributed by atoms with Crippen molar-refractivity contribution < 1.29 is 14.7 Å². The highest BCUT2D eigenvalue weighted by Crippen LogP contribution is 2.36. The summed E-state index contributed by atoms with van der Waals surface area (Å²) in [4.78, 5) is 25.6. The van der Waals surface area contributed by atoms with Crippen LogP contribution in [0, 0.1) is 6.92 Å². The van der Waals surface area contributed by atoms with Crippen LogP contribution in [-0.4, -0.2) is 29.8 Å². The molecule has 1 aliphatic carbocycles. The van der Waals surface area contributed by atoms with Gasteiger partial charge in [-0.2, -0.15) is 0 Å². The summed E-state index contributed by atoms with van der Waals surface area (Å²) in [5.74, 6) is -0.393. The van der Waals surface area contributed by atoms with E-state index in [9.17, 15) is 9.59 Å². The fourth-order valence-corrected chi connectivity index (χ4v) is 2.80. The largest absolute Gasteiger partial charge is 0.398 e. The van der Waals surface area contributed by atoms with Gasteiger partial charge in [-0.3, -0.25) is 9.59 Å². The van der Waals surface area contributed by atoms with Crippen LogP contribution in [0.2, 0.25) is 0 Å². The van der Waals surface area contributed by atoms with Crippen LogP contribution >= 0.6 is 0 Å². The average molecular weight is 296 g/mol. The number of anilines is 2. The number of fused-ring (bicyclic) bond motifs is 2. The summed E-state index contributed by atoms with van der Waals surface area (Å²) in [7, 11) is 0. The Bertz CT molecular complexity index is 797. The number of hydrogen-bond donors (Lipinski definition) is 3. The van der Waals surface area contributed by atoms with Crippen LogP contribution in [0.25, 0.3) is 0 Å². The molecule has 5 heteroatoms. The number of aliphatic hydroxyl groups is 1. The van der Waals surface area contributed by atoms with Crippen molar-refractivity contribution in [3.63, 3.8) is 0 Å². The lowest BCUT2D eigenvalue weighted by Gasteiger charge is -2.23. The summed E-state index contributed by atoms with van der Waals surface area (Å²) in [6.07, 6.45) is 0. The molecule has 1 aliphatic rings. The van der Waals surface area contributed by atoms with Crippen LogP contribution in [0.4, 0.5) is 11.4 Å². The molecule has 0 amide bonds. The number of nitrogens with two attached hydrogens (primary N) is 1. The first-order valence-electron chi connectivity index (χ1n) is 7.02. The van der Waals surface area contributed by atoms with Gasteiger partial charge in [0.1, 0.15) is 0 Å². The average Bonchev–Trinajstić information content (AvgIpc) is 2.53. The highest BCUT2D eigenvalue weighted by Gasteiger charge is 2.33. The van der Waals surface area contributed by atoms with E-state index in [1.807, 2.05) is 0 Å². The van der Waals surface area contributed by atoms with E-state index < -0.39 is 0 Å². The van der Waals surface area contributed by atoms with Crippen LogP contribution in [0.1, 0.15) is 37.4 Å². The summed E-state index contributed by atoms with van der Waals surface area (Å²) in [6, 6.07) is 8.42. The zero-order valence-electron chi connectivity index (χ0n) is 12.1. The molecule has 22 heavy (non-hydrogen) atoms. The second kappa shape index (κ2) is 5.27. The molecule has 4 N–H and O–H groups in total. The lowest BCUT2D eigenvalue weighted by atomic mass is 9.80. The SMILES string of the molecule is Cc1c(N)cc(NCCO)c2c1C(=O)c1ccccc1C2=O. The Hall–Kier alpha value is -2.66. The van der Waals surface area contributed by atoms with E-state index in [4.69, 9.17) is 10.8 Å². The van der Waals surface area contributed by atoms with Gasteiger partial charge in [-0.25, -0.2) is 0 Å². The van der Waals surface area contributed by atoms with Gasteiger partial charge in [0, 0.05) is 34.6 Å². The maximum atomic E-state index is 12.8. The minimum Gasteiger partial charge on any atom is -0.398 e. The fourth-order valence-electron chi connectivity index (χ4n) is 2.80. The Morgan fingerprint density at radius 1 is 1.09 bits per heavy atom. The first-order valence-corrected chi connectivity index (χ1v) is 7.02. The van der Waals surface area contributed by atoms with E-state index in [0.29, 0.717) is 39.2 Å². The quantitative estimate of drug-likeness (QED) is 0.640. The van der Waals surface area contributed by atoms with E-state index in [1.54, 1.807) is 37.3 Å². The first-order chi connectivity index (χ1) is 10.6. The molecule has 2 aromatic carbocycles. The molecule has 2 aromatic rings. The molecule has 0 aliphatic heterocycles. The smallest absolute Gasteiger partial charge is 0.196 e. The molecule has 0 radical (unpaired) electrons. The standard InChI is InChI=1S/C17H16N2O3/c1-9-12(18)8-13(19-6-7-20)15-14(9)16(21)10-4-2-3-5-11(10)17(15)22/h2-5,8,19-20H,6-7,18H2,1H3. The topological polar surface area (TPSA) is 92.4 Å². The van der Waals surface area contributed by atoms with Crippen molar-refractivity contribution in [2.45, 2.75) is 6.92 Å². The molecule has 0 aromatic heterocycles. The van der Waals surface area contributed by atoms with Crippen LogP contribution in [0.15, 0.2) is 30.3 Å². The molecule has 0 heterocycles. The minimum atomic E-state index is -0.200. The molecule has 0 saturated heterocycles. The highest BCUT2D eigenvalue weighted by molar-refractivity contribution is 6.31. The zero-order chi connectivity index (χ0) is 15.9. The van der Waals surface area contributed by atoms with Crippen LogP contribution in [0.5, 0.6) is 0 Å². The Morgan fingerprint density at radius 2 is 1.68 bits per heavy atom. The van der Waals surface area contributed by atoms with Gasteiger partial charge >= 0.3 is 0 Å². The third kappa shape index (κ3) is 1.98. The maximum Gasteiger partial charge on any atom is 0.196 e. The number of benzene rings is 2. The molecule has 0 saturated carbocycles. The van der Waals surface area contributed by atoms with Crippen molar-refractivity contribution >= 4 is 22.9 Å². The summed E-state index contributed by atoms with van der Waals surface area (Å²) < 4.78 is 0. The molecule has 112 valence electrons.